The minimum Gasteiger partial charge on any atom is -0.396 e. The molecule has 0 unspecified atom stereocenters. The third-order valence-corrected chi connectivity index (χ3v) is 3.28. The topological polar surface area (TPSA) is 52.5 Å². The predicted octanol–water partition coefficient (Wildman–Crippen LogP) is 1.93. The molecule has 0 heterocycles. The third kappa shape index (κ3) is 6.46. The molecule has 0 aliphatic rings. The van der Waals surface area contributed by atoms with E-state index in [1.165, 1.54) is 32.1 Å². The average molecular weight is 231 g/mol. The van der Waals surface area contributed by atoms with Gasteiger partial charge in [-0.05, 0) is 13.5 Å². The summed E-state index contributed by atoms with van der Waals surface area (Å²) in [7, 11) is 1.86. The molecular formula is C13H29NO2. The smallest absolute Gasteiger partial charge is 0.0521 e. The number of unbranched alkanes of at least 4 members (excludes halogenated alkanes) is 5. The van der Waals surface area contributed by atoms with E-state index in [4.69, 9.17) is 0 Å². The normalized spacial score (nSPS) is 12.0. The van der Waals surface area contributed by atoms with Crippen LogP contribution in [-0.2, 0) is 0 Å². The molecule has 0 saturated carbocycles. The molecule has 16 heavy (non-hydrogen) atoms. The van der Waals surface area contributed by atoms with E-state index in [9.17, 15) is 10.2 Å². The Bertz CT molecular complexity index is 147. The summed E-state index contributed by atoms with van der Waals surface area (Å²) >= 11 is 0. The summed E-state index contributed by atoms with van der Waals surface area (Å²) < 4.78 is 0. The van der Waals surface area contributed by atoms with E-state index >= 15 is 0 Å². The van der Waals surface area contributed by atoms with E-state index in [1.807, 2.05) is 7.05 Å². The quantitative estimate of drug-likeness (QED) is 0.476. The van der Waals surface area contributed by atoms with Crippen LogP contribution < -0.4 is 5.32 Å². The molecule has 0 bridgehead atoms. The lowest BCUT2D eigenvalue weighted by molar-refractivity contribution is 0.0464. The van der Waals surface area contributed by atoms with Gasteiger partial charge in [-0.25, -0.2) is 0 Å². The van der Waals surface area contributed by atoms with Crippen molar-refractivity contribution in [1.29, 1.82) is 0 Å². The van der Waals surface area contributed by atoms with E-state index in [0.29, 0.717) is 6.54 Å². The van der Waals surface area contributed by atoms with E-state index in [0.717, 1.165) is 12.8 Å². The van der Waals surface area contributed by atoms with Crippen LogP contribution in [0.3, 0.4) is 0 Å². The van der Waals surface area contributed by atoms with Crippen molar-refractivity contribution in [3.63, 3.8) is 0 Å². The molecule has 0 aliphatic heterocycles. The van der Waals surface area contributed by atoms with Gasteiger partial charge in [-0.2, -0.15) is 0 Å². The van der Waals surface area contributed by atoms with Crippen molar-refractivity contribution in [1.82, 2.24) is 5.32 Å². The van der Waals surface area contributed by atoms with Gasteiger partial charge in [0.1, 0.15) is 0 Å². The van der Waals surface area contributed by atoms with Gasteiger partial charge in [0.25, 0.3) is 0 Å². The molecule has 0 aromatic heterocycles. The molecule has 98 valence electrons. The molecular weight excluding hydrogens is 202 g/mol. The highest BCUT2D eigenvalue weighted by atomic mass is 16.3. The molecule has 0 rings (SSSR count). The molecule has 0 aromatic carbocycles. The molecule has 0 fully saturated rings. The zero-order chi connectivity index (χ0) is 12.3. The van der Waals surface area contributed by atoms with Gasteiger partial charge in [-0.3, -0.25) is 0 Å². The summed E-state index contributed by atoms with van der Waals surface area (Å²) in [6.07, 6.45) is 8.41. The fourth-order valence-electron chi connectivity index (χ4n) is 2.06. The van der Waals surface area contributed by atoms with Gasteiger partial charge in [-0.1, -0.05) is 45.4 Å². The highest BCUT2D eigenvalue weighted by molar-refractivity contribution is 4.79. The SMILES string of the molecule is CCCCCCCCC(CO)(CO)CNC. The fourth-order valence-corrected chi connectivity index (χ4v) is 2.06. The van der Waals surface area contributed by atoms with Gasteiger partial charge in [0.05, 0.1) is 13.2 Å². The summed E-state index contributed by atoms with van der Waals surface area (Å²) in [5.74, 6) is 0. The Balaban J connectivity index is 3.67. The molecule has 3 N–H and O–H groups in total. The zero-order valence-corrected chi connectivity index (χ0v) is 11.0. The van der Waals surface area contributed by atoms with Crippen LogP contribution in [0.1, 0.15) is 51.9 Å². The first kappa shape index (κ1) is 15.9. The summed E-state index contributed by atoms with van der Waals surface area (Å²) in [5.41, 5.74) is -0.320. The van der Waals surface area contributed by atoms with Crippen LogP contribution in [0, 0.1) is 5.41 Å². The number of aliphatic hydroxyl groups excluding tert-OH is 2. The fraction of sp³-hybridized carbons (Fsp3) is 1.00. The van der Waals surface area contributed by atoms with Gasteiger partial charge in [-0.15, -0.1) is 0 Å². The Labute approximate surface area is 100 Å². The second-order valence-electron chi connectivity index (χ2n) is 4.86. The van der Waals surface area contributed by atoms with Crippen molar-refractivity contribution in [3.05, 3.63) is 0 Å². The maximum Gasteiger partial charge on any atom is 0.0521 e. The molecule has 0 aliphatic carbocycles. The van der Waals surface area contributed by atoms with Crippen LogP contribution in [-0.4, -0.2) is 37.0 Å². The maximum atomic E-state index is 9.35. The Morgan fingerprint density at radius 2 is 1.50 bits per heavy atom. The average Bonchev–Trinajstić information content (AvgIpc) is 2.32. The first-order valence-electron chi connectivity index (χ1n) is 6.61. The summed E-state index contributed by atoms with van der Waals surface area (Å²) in [4.78, 5) is 0. The molecule has 3 nitrogen and oxygen atoms in total. The second-order valence-corrected chi connectivity index (χ2v) is 4.86. The number of rotatable bonds is 11. The molecule has 0 amide bonds. The first-order chi connectivity index (χ1) is 7.74. The Morgan fingerprint density at radius 1 is 0.938 bits per heavy atom. The zero-order valence-electron chi connectivity index (χ0n) is 11.0. The lowest BCUT2D eigenvalue weighted by Crippen LogP contribution is -2.39. The van der Waals surface area contributed by atoms with Crippen LogP contribution in [0.15, 0.2) is 0 Å². The lowest BCUT2D eigenvalue weighted by Gasteiger charge is -2.29. The predicted molar refractivity (Wildman–Crippen MR) is 68.5 cm³/mol. The van der Waals surface area contributed by atoms with E-state index in [1.54, 1.807) is 0 Å². The third-order valence-electron chi connectivity index (χ3n) is 3.28. The van der Waals surface area contributed by atoms with Crippen LogP contribution in [0.2, 0.25) is 0 Å². The molecule has 0 aromatic rings. The summed E-state index contributed by atoms with van der Waals surface area (Å²) in [6.45, 7) is 3.04. The monoisotopic (exact) mass is 231 g/mol. The van der Waals surface area contributed by atoms with Crippen molar-refractivity contribution in [3.8, 4) is 0 Å². The highest BCUT2D eigenvalue weighted by Gasteiger charge is 2.27. The number of hydrogen-bond donors (Lipinski definition) is 3. The van der Waals surface area contributed by atoms with Crippen molar-refractivity contribution in [2.45, 2.75) is 51.9 Å². The van der Waals surface area contributed by atoms with E-state index < -0.39 is 0 Å². The number of nitrogens with one attached hydrogen (secondary N) is 1. The van der Waals surface area contributed by atoms with Crippen molar-refractivity contribution in [2.24, 2.45) is 5.41 Å². The van der Waals surface area contributed by atoms with Gasteiger partial charge < -0.3 is 15.5 Å². The van der Waals surface area contributed by atoms with Gasteiger partial charge in [0.2, 0.25) is 0 Å². The standard InChI is InChI=1S/C13H29NO2/c1-3-4-5-6-7-8-9-13(11-15,12-16)10-14-2/h14-16H,3-12H2,1-2H3. The summed E-state index contributed by atoms with van der Waals surface area (Å²) in [5, 5.41) is 21.7. The molecule has 0 spiro atoms. The molecule has 0 saturated heterocycles. The molecule has 0 atom stereocenters. The first-order valence-corrected chi connectivity index (χ1v) is 6.61. The van der Waals surface area contributed by atoms with Crippen LogP contribution in [0.5, 0.6) is 0 Å². The van der Waals surface area contributed by atoms with Crippen molar-refractivity contribution >= 4 is 0 Å². The van der Waals surface area contributed by atoms with Crippen molar-refractivity contribution in [2.75, 3.05) is 26.8 Å². The van der Waals surface area contributed by atoms with E-state index in [2.05, 4.69) is 12.2 Å². The number of hydrogen-bond acceptors (Lipinski definition) is 3. The summed E-state index contributed by atoms with van der Waals surface area (Å²) in [6, 6.07) is 0. The van der Waals surface area contributed by atoms with Crippen LogP contribution in [0.25, 0.3) is 0 Å². The minimum atomic E-state index is -0.320. The van der Waals surface area contributed by atoms with Crippen LogP contribution >= 0.6 is 0 Å². The van der Waals surface area contributed by atoms with Gasteiger partial charge in [0, 0.05) is 12.0 Å². The van der Waals surface area contributed by atoms with Gasteiger partial charge in [0.15, 0.2) is 0 Å². The van der Waals surface area contributed by atoms with Gasteiger partial charge >= 0.3 is 0 Å². The molecule has 0 radical (unpaired) electrons. The molecule has 3 heteroatoms. The maximum absolute atomic E-state index is 9.35. The largest absolute Gasteiger partial charge is 0.396 e. The van der Waals surface area contributed by atoms with Crippen molar-refractivity contribution < 1.29 is 10.2 Å². The van der Waals surface area contributed by atoms with Crippen LogP contribution in [0.4, 0.5) is 0 Å². The Kier molecular flexibility index (Phi) is 9.99. The van der Waals surface area contributed by atoms with E-state index in [-0.39, 0.29) is 18.6 Å². The second kappa shape index (κ2) is 10.1. The lowest BCUT2D eigenvalue weighted by atomic mass is 9.84. The highest BCUT2D eigenvalue weighted by Crippen LogP contribution is 2.23. The number of aliphatic hydroxyl groups is 2. The minimum absolute atomic E-state index is 0.0688. The Hall–Kier alpha value is -0.120. The Morgan fingerprint density at radius 3 is 2.00 bits per heavy atom.